The predicted molar refractivity (Wildman–Crippen MR) is 183 cm³/mol. The van der Waals surface area contributed by atoms with Gasteiger partial charge in [-0.1, -0.05) is 18.2 Å². The maximum Gasteiger partial charge on any atom is 0.421 e. The Morgan fingerprint density at radius 3 is 2.31 bits per heavy atom. The van der Waals surface area contributed by atoms with Crippen LogP contribution in [0.2, 0.25) is 0 Å². The molecule has 12 nitrogen and oxygen atoms in total. The van der Waals surface area contributed by atoms with Gasteiger partial charge in [0.1, 0.15) is 17.2 Å². The molecule has 0 unspecified atom stereocenters. The zero-order valence-electron chi connectivity index (χ0n) is 27.4. The molecule has 2 aliphatic heterocycles. The van der Waals surface area contributed by atoms with Crippen molar-refractivity contribution in [1.29, 1.82) is 0 Å². The van der Waals surface area contributed by atoms with Crippen molar-refractivity contribution in [3.8, 4) is 0 Å². The van der Waals surface area contributed by atoms with Crippen LogP contribution in [0.5, 0.6) is 0 Å². The fourth-order valence-electron chi connectivity index (χ4n) is 5.79. The first kappa shape index (κ1) is 35.5. The summed E-state index contributed by atoms with van der Waals surface area (Å²) in [4.78, 5) is 37.2. The molecule has 0 bridgehead atoms. The van der Waals surface area contributed by atoms with E-state index in [0.717, 1.165) is 11.9 Å². The summed E-state index contributed by atoms with van der Waals surface area (Å²) in [5, 5.41) is 7.84. The molecule has 3 N–H and O–H groups in total. The Morgan fingerprint density at radius 1 is 0.922 bits per heavy atom. The van der Waals surface area contributed by atoms with E-state index in [9.17, 15) is 31.2 Å². The van der Waals surface area contributed by atoms with Crippen LogP contribution in [-0.2, 0) is 33.9 Å². The van der Waals surface area contributed by atoms with E-state index in [1.807, 2.05) is 12.1 Å². The van der Waals surface area contributed by atoms with Crippen LogP contribution in [0.25, 0.3) is 0 Å². The standard InChI is InChI=1S/C34H34F4N8O4S/c1-51(49,50)27-4-2-3-22(17-27)19-39-31-28(34(36,37)38)20-40-32(43-31)41-24-6-9-25(10-7-24)45-15-13-44(14-16-45)21-23-5-8-26(18-29(23)35)46-12-11-30(47)42-33(46)48/h2-10,17-18,20H,11-16,19,21H2,1H3,(H,42,47,48)(H2,39,40,41,43). The van der Waals surface area contributed by atoms with Crippen LogP contribution in [0.1, 0.15) is 23.1 Å². The van der Waals surface area contributed by atoms with Gasteiger partial charge in [-0.3, -0.25) is 19.9 Å². The third-order valence-corrected chi connectivity index (χ3v) is 9.65. The van der Waals surface area contributed by atoms with Crippen molar-refractivity contribution in [2.45, 2.75) is 30.6 Å². The van der Waals surface area contributed by atoms with Crippen molar-refractivity contribution in [3.05, 3.63) is 95.4 Å². The molecule has 0 spiro atoms. The minimum Gasteiger partial charge on any atom is -0.369 e. The summed E-state index contributed by atoms with van der Waals surface area (Å²) in [5.74, 6) is -1.30. The van der Waals surface area contributed by atoms with Crippen molar-refractivity contribution in [1.82, 2.24) is 20.2 Å². The summed E-state index contributed by atoms with van der Waals surface area (Å²) in [7, 11) is -3.49. The van der Waals surface area contributed by atoms with Gasteiger partial charge in [0.2, 0.25) is 11.9 Å². The van der Waals surface area contributed by atoms with Crippen LogP contribution in [0, 0.1) is 5.82 Å². The predicted octanol–water partition coefficient (Wildman–Crippen LogP) is 5.16. The van der Waals surface area contributed by atoms with Gasteiger partial charge in [0, 0.05) is 87.3 Å². The number of nitrogens with one attached hydrogen (secondary N) is 3. The number of urea groups is 1. The average Bonchev–Trinajstić information content (AvgIpc) is 3.08. The Hall–Kier alpha value is -5.29. The number of benzene rings is 3. The molecule has 17 heteroatoms. The number of imide groups is 1. The molecule has 2 aliphatic rings. The fourth-order valence-corrected chi connectivity index (χ4v) is 6.48. The van der Waals surface area contributed by atoms with E-state index in [-0.39, 0.29) is 36.3 Å². The molecular formula is C34H34F4N8O4S. The van der Waals surface area contributed by atoms with Gasteiger partial charge in [0.25, 0.3) is 0 Å². The van der Waals surface area contributed by atoms with Gasteiger partial charge in [0.15, 0.2) is 9.84 Å². The molecule has 51 heavy (non-hydrogen) atoms. The van der Waals surface area contributed by atoms with Crippen LogP contribution in [0.15, 0.2) is 77.8 Å². The number of alkyl halides is 3. The third kappa shape index (κ3) is 8.72. The van der Waals surface area contributed by atoms with E-state index >= 15 is 4.39 Å². The molecule has 4 aromatic rings. The number of carbonyl (C=O) groups excluding carboxylic acids is 2. The summed E-state index contributed by atoms with van der Waals surface area (Å²) in [6, 6.07) is 17.3. The quantitative estimate of drug-likeness (QED) is 0.188. The van der Waals surface area contributed by atoms with E-state index in [0.29, 0.717) is 61.4 Å². The van der Waals surface area contributed by atoms with E-state index in [4.69, 9.17) is 0 Å². The first-order chi connectivity index (χ1) is 24.2. The molecule has 268 valence electrons. The molecule has 2 fully saturated rings. The fraction of sp³-hybridized carbons (Fsp3) is 0.294. The van der Waals surface area contributed by atoms with Gasteiger partial charge >= 0.3 is 12.2 Å². The zero-order valence-corrected chi connectivity index (χ0v) is 28.2. The number of aromatic nitrogens is 2. The maximum absolute atomic E-state index is 15.0. The van der Waals surface area contributed by atoms with Gasteiger partial charge in [0.05, 0.1) is 4.90 Å². The normalized spacial score (nSPS) is 15.9. The SMILES string of the molecule is CS(=O)(=O)c1cccc(CNc2nc(Nc3ccc(N4CCN(Cc5ccc(N6CCC(=O)NC6=O)cc5F)CC4)cc3)ncc2C(F)(F)F)c1. The molecule has 1 aromatic heterocycles. The average molecular weight is 727 g/mol. The molecule has 3 amide bonds. The number of sulfone groups is 1. The summed E-state index contributed by atoms with van der Waals surface area (Å²) in [5.41, 5.74) is 1.77. The third-order valence-electron chi connectivity index (χ3n) is 8.54. The largest absolute Gasteiger partial charge is 0.421 e. The van der Waals surface area contributed by atoms with Crippen molar-refractivity contribution in [3.63, 3.8) is 0 Å². The molecule has 2 saturated heterocycles. The molecule has 0 aliphatic carbocycles. The summed E-state index contributed by atoms with van der Waals surface area (Å²) in [6.07, 6.45) is -2.83. The Labute approximate surface area is 291 Å². The van der Waals surface area contributed by atoms with Crippen LogP contribution < -0.4 is 25.8 Å². The van der Waals surface area contributed by atoms with Crippen LogP contribution in [-0.4, -0.2) is 74.2 Å². The lowest BCUT2D eigenvalue weighted by Crippen LogP contribution is -2.49. The maximum atomic E-state index is 15.0. The number of carbonyl (C=O) groups is 2. The Balaban J connectivity index is 1.05. The molecule has 6 rings (SSSR count). The number of hydrogen-bond acceptors (Lipinski definition) is 10. The molecule has 0 radical (unpaired) electrons. The second-order valence-corrected chi connectivity index (χ2v) is 14.2. The smallest absolute Gasteiger partial charge is 0.369 e. The van der Waals surface area contributed by atoms with Crippen LogP contribution in [0.4, 0.5) is 51.2 Å². The number of amides is 3. The van der Waals surface area contributed by atoms with Gasteiger partial charge in [-0.05, 0) is 54.1 Å². The van der Waals surface area contributed by atoms with E-state index in [2.05, 4.69) is 35.7 Å². The van der Waals surface area contributed by atoms with Crippen molar-refractivity contribution in [2.24, 2.45) is 0 Å². The molecule has 0 atom stereocenters. The lowest BCUT2D eigenvalue weighted by molar-refractivity contribution is -0.137. The topological polar surface area (TPSA) is 140 Å². The molecule has 0 saturated carbocycles. The zero-order chi connectivity index (χ0) is 36.3. The lowest BCUT2D eigenvalue weighted by Gasteiger charge is -2.36. The highest BCUT2D eigenvalue weighted by atomic mass is 32.2. The summed E-state index contributed by atoms with van der Waals surface area (Å²) < 4.78 is 80.1. The minimum atomic E-state index is -4.73. The second kappa shape index (κ2) is 14.5. The second-order valence-electron chi connectivity index (χ2n) is 12.2. The number of anilines is 5. The Kier molecular flexibility index (Phi) is 10.1. The highest BCUT2D eigenvalue weighted by molar-refractivity contribution is 7.90. The number of nitrogens with zero attached hydrogens (tertiary/aromatic N) is 5. The van der Waals surface area contributed by atoms with Crippen LogP contribution >= 0.6 is 0 Å². The van der Waals surface area contributed by atoms with Gasteiger partial charge < -0.3 is 15.5 Å². The highest BCUT2D eigenvalue weighted by Gasteiger charge is 2.35. The summed E-state index contributed by atoms with van der Waals surface area (Å²) in [6.45, 7) is 3.19. The van der Waals surface area contributed by atoms with Gasteiger partial charge in [-0.15, -0.1) is 0 Å². The number of piperazine rings is 1. The molecule has 3 aromatic carbocycles. The van der Waals surface area contributed by atoms with Crippen molar-refractivity contribution < 1.29 is 35.6 Å². The Bertz CT molecular complexity index is 2040. The van der Waals surface area contributed by atoms with Crippen molar-refractivity contribution >= 4 is 50.6 Å². The van der Waals surface area contributed by atoms with Crippen LogP contribution in [0.3, 0.4) is 0 Å². The Morgan fingerprint density at radius 2 is 1.65 bits per heavy atom. The first-order valence-electron chi connectivity index (χ1n) is 15.9. The van der Waals surface area contributed by atoms with Crippen molar-refractivity contribution in [2.75, 3.05) is 59.4 Å². The van der Waals surface area contributed by atoms with E-state index in [1.165, 1.54) is 29.2 Å². The minimum absolute atomic E-state index is 0.0536. The highest BCUT2D eigenvalue weighted by Crippen LogP contribution is 2.34. The van der Waals surface area contributed by atoms with Gasteiger partial charge in [-0.2, -0.15) is 18.2 Å². The molecular weight excluding hydrogens is 692 g/mol. The van der Waals surface area contributed by atoms with E-state index < -0.39 is 39.2 Å². The summed E-state index contributed by atoms with van der Waals surface area (Å²) >= 11 is 0. The lowest BCUT2D eigenvalue weighted by atomic mass is 10.1. The van der Waals surface area contributed by atoms with E-state index in [1.54, 1.807) is 30.3 Å². The number of halogens is 4. The number of rotatable bonds is 10. The molecule has 3 heterocycles. The monoisotopic (exact) mass is 726 g/mol. The first-order valence-corrected chi connectivity index (χ1v) is 17.8. The number of hydrogen-bond donors (Lipinski definition) is 3. The van der Waals surface area contributed by atoms with Gasteiger partial charge in [-0.25, -0.2) is 22.6 Å².